The van der Waals surface area contributed by atoms with Gasteiger partial charge in [0.15, 0.2) is 9.84 Å². The Bertz CT molecular complexity index is 1580. The number of amides is 2. The van der Waals surface area contributed by atoms with Crippen LogP contribution in [0.4, 0.5) is 4.79 Å². The Morgan fingerprint density at radius 2 is 1.60 bits per heavy atom. The molecule has 2 amide bonds. The molecule has 0 aromatic heterocycles. The van der Waals surface area contributed by atoms with Crippen LogP contribution in [0.2, 0.25) is 0 Å². The number of hydrogen-bond donors (Lipinski definition) is 1. The fourth-order valence-corrected chi connectivity index (χ4v) is 6.89. The van der Waals surface area contributed by atoms with E-state index in [2.05, 4.69) is 4.90 Å². The summed E-state index contributed by atoms with van der Waals surface area (Å²) in [6.45, 7) is 5.02. The van der Waals surface area contributed by atoms with Gasteiger partial charge in [-0.1, -0.05) is 66.7 Å². The second-order valence-corrected chi connectivity index (χ2v) is 13.3. The van der Waals surface area contributed by atoms with Gasteiger partial charge in [0.1, 0.15) is 0 Å². The van der Waals surface area contributed by atoms with Crippen molar-refractivity contribution in [3.8, 4) is 0 Å². The number of carbonyl (C=O) groups is 2. The van der Waals surface area contributed by atoms with E-state index < -0.39 is 15.9 Å². The number of carboxylic acid groups (broad SMARTS) is 1. The molecule has 1 atom stereocenters. The number of likely N-dealkylation sites (tertiary alicyclic amines) is 1. The first-order valence-corrected chi connectivity index (χ1v) is 16.7. The van der Waals surface area contributed by atoms with E-state index in [0.717, 1.165) is 60.4 Å². The predicted octanol–water partition coefficient (Wildman–Crippen LogP) is 5.57. The van der Waals surface area contributed by atoms with Crippen molar-refractivity contribution >= 4 is 33.6 Å². The molecule has 3 aromatic rings. The molecule has 9 heteroatoms. The van der Waals surface area contributed by atoms with Crippen molar-refractivity contribution in [3.05, 3.63) is 101 Å². The monoisotopic (exact) mass is 601 g/mol. The normalized spacial score (nSPS) is 16.0. The molecule has 1 N–H and O–H groups in total. The third-order valence-electron chi connectivity index (χ3n) is 8.58. The summed E-state index contributed by atoms with van der Waals surface area (Å²) in [6, 6.07) is 24.1. The van der Waals surface area contributed by atoms with Crippen LogP contribution in [-0.4, -0.2) is 78.7 Å². The van der Waals surface area contributed by atoms with Gasteiger partial charge in [0.05, 0.1) is 23.1 Å². The molecule has 3 aromatic carbocycles. The summed E-state index contributed by atoms with van der Waals surface area (Å²) in [5.74, 6) is 0.0448. The van der Waals surface area contributed by atoms with Crippen molar-refractivity contribution < 1.29 is 23.1 Å². The van der Waals surface area contributed by atoms with Crippen molar-refractivity contribution in [2.24, 2.45) is 0 Å². The quantitative estimate of drug-likeness (QED) is 0.309. The van der Waals surface area contributed by atoms with Gasteiger partial charge < -0.3 is 14.9 Å². The molecular weight excluding hydrogens is 562 g/mol. The fourth-order valence-electron chi connectivity index (χ4n) is 6.26. The summed E-state index contributed by atoms with van der Waals surface area (Å²) >= 11 is 0. The lowest BCUT2D eigenvalue weighted by atomic mass is 9.90. The second-order valence-electron chi connectivity index (χ2n) is 11.3. The minimum absolute atomic E-state index is 0.0448. The van der Waals surface area contributed by atoms with E-state index in [4.69, 9.17) is 0 Å². The Hall–Kier alpha value is -3.95. The van der Waals surface area contributed by atoms with Crippen molar-refractivity contribution in [3.63, 3.8) is 0 Å². The molecule has 0 bridgehead atoms. The van der Waals surface area contributed by atoms with Crippen molar-refractivity contribution in [2.75, 3.05) is 32.4 Å². The van der Waals surface area contributed by atoms with Gasteiger partial charge >= 0.3 is 6.09 Å². The standard InChI is InChI=1S/C34H39N3O5S/c1-3-36(33(38)23-25-13-15-29(16-14-25)43(2,41)42)28-17-20-35(21-18-28)22-19-31(26-9-5-4-6-10-26)37(34(39)40)32-24-27-11-7-8-12-30(27)32/h4-16,24,28,31H,3,17-23H2,1-2H3,(H,39,40). The lowest BCUT2D eigenvalue weighted by Gasteiger charge is -2.40. The van der Waals surface area contributed by atoms with Crippen LogP contribution in [0.25, 0.3) is 11.8 Å². The minimum atomic E-state index is -3.28. The van der Waals surface area contributed by atoms with Crippen LogP contribution >= 0.6 is 0 Å². The molecule has 1 saturated heterocycles. The van der Waals surface area contributed by atoms with E-state index in [0.29, 0.717) is 13.0 Å². The Morgan fingerprint density at radius 3 is 2.21 bits per heavy atom. The largest absolute Gasteiger partial charge is 0.465 e. The molecule has 0 spiro atoms. The molecule has 1 aliphatic heterocycles. The molecule has 1 unspecified atom stereocenters. The number of nitrogens with zero attached hydrogens (tertiary/aromatic N) is 3. The van der Waals surface area contributed by atoms with Crippen molar-refractivity contribution in [2.45, 2.75) is 49.6 Å². The number of sulfone groups is 1. The van der Waals surface area contributed by atoms with E-state index in [-0.39, 0.29) is 29.3 Å². The Balaban J connectivity index is 1.20. The maximum Gasteiger partial charge on any atom is 0.412 e. The van der Waals surface area contributed by atoms with E-state index in [9.17, 15) is 23.1 Å². The molecular formula is C34H39N3O5S. The van der Waals surface area contributed by atoms with Gasteiger partial charge in [-0.15, -0.1) is 0 Å². The molecule has 1 fully saturated rings. The first kappa shape index (κ1) is 30.5. The summed E-state index contributed by atoms with van der Waals surface area (Å²) in [6.07, 6.45) is 4.75. The third kappa shape index (κ3) is 7.00. The number of piperidine rings is 1. The zero-order valence-corrected chi connectivity index (χ0v) is 25.5. The fraction of sp³-hybridized carbons (Fsp3) is 0.353. The first-order valence-electron chi connectivity index (χ1n) is 14.8. The molecule has 1 aliphatic carbocycles. The lowest BCUT2D eigenvalue weighted by Crippen LogP contribution is -2.48. The first-order chi connectivity index (χ1) is 20.7. The summed E-state index contributed by atoms with van der Waals surface area (Å²) in [5, 5.41) is 10.3. The van der Waals surface area contributed by atoms with Crippen LogP contribution in [0.1, 0.15) is 54.5 Å². The number of carbonyl (C=O) groups excluding carboxylic acids is 1. The van der Waals surface area contributed by atoms with Gasteiger partial charge in [0, 0.05) is 44.0 Å². The highest BCUT2D eigenvalue weighted by atomic mass is 32.2. The zero-order chi connectivity index (χ0) is 30.6. The van der Waals surface area contributed by atoms with E-state index in [1.165, 1.54) is 11.2 Å². The van der Waals surface area contributed by atoms with Gasteiger partial charge in [-0.25, -0.2) is 13.2 Å². The molecule has 1 heterocycles. The van der Waals surface area contributed by atoms with Gasteiger partial charge in [0.25, 0.3) is 0 Å². The van der Waals surface area contributed by atoms with Crippen molar-refractivity contribution in [1.29, 1.82) is 0 Å². The van der Waals surface area contributed by atoms with Gasteiger partial charge in [0.2, 0.25) is 5.91 Å². The second kappa shape index (κ2) is 13.1. The summed E-state index contributed by atoms with van der Waals surface area (Å²) in [4.78, 5) is 31.9. The molecule has 43 heavy (non-hydrogen) atoms. The Morgan fingerprint density at radius 1 is 0.953 bits per heavy atom. The number of benzene rings is 3. The average molecular weight is 602 g/mol. The number of rotatable bonds is 11. The van der Waals surface area contributed by atoms with E-state index in [1.807, 2.05) is 72.5 Å². The smallest absolute Gasteiger partial charge is 0.412 e. The summed E-state index contributed by atoms with van der Waals surface area (Å²) < 4.78 is 23.5. The van der Waals surface area contributed by atoms with Crippen molar-refractivity contribution in [1.82, 2.24) is 14.7 Å². The molecule has 0 radical (unpaired) electrons. The highest BCUT2D eigenvalue weighted by molar-refractivity contribution is 7.90. The summed E-state index contributed by atoms with van der Waals surface area (Å²) in [7, 11) is -3.28. The maximum atomic E-state index is 13.2. The Kier molecular flexibility index (Phi) is 9.32. The Labute approximate surface area is 254 Å². The maximum absolute atomic E-state index is 13.2. The molecule has 226 valence electrons. The van der Waals surface area contributed by atoms with Crippen LogP contribution in [0.5, 0.6) is 0 Å². The topological polar surface area (TPSA) is 98.2 Å². The van der Waals surface area contributed by atoms with Gasteiger partial charge in [-0.3, -0.25) is 9.69 Å². The molecule has 5 rings (SSSR count). The van der Waals surface area contributed by atoms with Crippen LogP contribution in [0.3, 0.4) is 0 Å². The van der Waals surface area contributed by atoms with E-state index >= 15 is 0 Å². The number of likely N-dealkylation sites (N-methyl/N-ethyl adjacent to an activating group) is 1. The summed E-state index contributed by atoms with van der Waals surface area (Å²) in [5.41, 5.74) is 4.52. The molecule has 0 saturated carbocycles. The van der Waals surface area contributed by atoms with Crippen LogP contribution < -0.4 is 0 Å². The van der Waals surface area contributed by atoms with Crippen LogP contribution in [0.15, 0.2) is 83.8 Å². The highest BCUT2D eigenvalue weighted by Gasteiger charge is 2.34. The lowest BCUT2D eigenvalue weighted by molar-refractivity contribution is -0.133. The molecule has 8 nitrogen and oxygen atoms in total. The molecule has 2 aliphatic rings. The van der Waals surface area contributed by atoms with Crippen LogP contribution in [0, 0.1) is 0 Å². The van der Waals surface area contributed by atoms with Gasteiger partial charge in [-0.05, 0) is 61.1 Å². The SMILES string of the molecule is CCN(C(=O)Cc1ccc(S(C)(=O)=O)cc1)C1CCN(CCC(c2ccccc2)N(C(=O)O)C2=Cc3ccccc32)CC1. The van der Waals surface area contributed by atoms with Gasteiger partial charge in [-0.2, -0.15) is 0 Å². The number of fused-ring (bicyclic) bond motifs is 1. The minimum Gasteiger partial charge on any atom is -0.465 e. The number of hydrogen-bond acceptors (Lipinski definition) is 5. The highest BCUT2D eigenvalue weighted by Crippen LogP contribution is 2.40. The van der Waals surface area contributed by atoms with Crippen LogP contribution in [-0.2, 0) is 21.1 Å². The van der Waals surface area contributed by atoms with E-state index in [1.54, 1.807) is 24.3 Å². The zero-order valence-electron chi connectivity index (χ0n) is 24.7. The average Bonchev–Trinajstić information content (AvgIpc) is 2.98. The predicted molar refractivity (Wildman–Crippen MR) is 168 cm³/mol. The third-order valence-corrected chi connectivity index (χ3v) is 9.70.